The average Bonchev–Trinajstić information content (AvgIpc) is 2.87. The molecule has 2 rings (SSSR count). The van der Waals surface area contributed by atoms with Gasteiger partial charge in [0.2, 0.25) is 0 Å². The number of hydrogen-bond donors (Lipinski definition) is 1. The van der Waals surface area contributed by atoms with E-state index in [2.05, 4.69) is 21.8 Å². The Morgan fingerprint density at radius 3 is 2.67 bits per heavy atom. The smallest absolute Gasteiger partial charge is 0.185 e. The lowest BCUT2D eigenvalue weighted by Crippen LogP contribution is -2.21. The van der Waals surface area contributed by atoms with Crippen molar-refractivity contribution in [2.45, 2.75) is 26.4 Å². The number of rotatable bonds is 5. The number of aromatic nitrogens is 2. The Balaban J connectivity index is 2.13. The van der Waals surface area contributed by atoms with Crippen molar-refractivity contribution in [3.63, 3.8) is 0 Å². The Morgan fingerprint density at radius 2 is 2.11 bits per heavy atom. The molecule has 0 aliphatic carbocycles. The highest BCUT2D eigenvalue weighted by molar-refractivity contribution is 7.15. The van der Waals surface area contributed by atoms with Crippen molar-refractivity contribution < 1.29 is 0 Å². The molecule has 1 unspecified atom stereocenters. The van der Waals surface area contributed by atoms with Crippen LogP contribution in [0.1, 0.15) is 30.3 Å². The Bertz CT molecular complexity index is 481. The van der Waals surface area contributed by atoms with Crippen molar-refractivity contribution >= 4 is 16.5 Å². The Kier molecular flexibility index (Phi) is 4.28. The van der Waals surface area contributed by atoms with E-state index in [4.69, 9.17) is 5.73 Å². The van der Waals surface area contributed by atoms with Gasteiger partial charge in [-0.05, 0) is 31.5 Å². The molecule has 0 aromatic carbocycles. The summed E-state index contributed by atoms with van der Waals surface area (Å²) < 4.78 is 0. The zero-order valence-corrected chi connectivity index (χ0v) is 11.5. The van der Waals surface area contributed by atoms with E-state index in [0.717, 1.165) is 23.1 Å². The second-order valence-corrected chi connectivity index (χ2v) is 5.24. The summed E-state index contributed by atoms with van der Waals surface area (Å²) in [7, 11) is 0. The first kappa shape index (κ1) is 13.0. The summed E-state index contributed by atoms with van der Waals surface area (Å²) in [4.78, 5) is 11.8. The molecule has 0 aliphatic heterocycles. The summed E-state index contributed by atoms with van der Waals surface area (Å²) in [5.41, 5.74) is 7.11. The number of pyridine rings is 1. The van der Waals surface area contributed by atoms with Crippen LogP contribution in [0.3, 0.4) is 0 Å². The molecule has 96 valence electrons. The Labute approximate surface area is 111 Å². The zero-order chi connectivity index (χ0) is 13.0. The van der Waals surface area contributed by atoms with Gasteiger partial charge in [-0.2, -0.15) is 0 Å². The molecule has 0 spiro atoms. The average molecular weight is 262 g/mol. The quantitative estimate of drug-likeness (QED) is 0.900. The molecule has 1 atom stereocenters. The molecule has 0 fully saturated rings. The molecular formula is C13H18N4S. The third-order valence-corrected chi connectivity index (χ3v) is 3.99. The predicted octanol–water partition coefficient (Wildman–Crippen LogP) is 2.58. The van der Waals surface area contributed by atoms with E-state index in [1.165, 1.54) is 5.56 Å². The van der Waals surface area contributed by atoms with Crippen molar-refractivity contribution in [1.82, 2.24) is 9.97 Å². The number of thiazole rings is 1. The topological polar surface area (TPSA) is 55.0 Å². The molecule has 0 bridgehead atoms. The lowest BCUT2D eigenvalue weighted by Gasteiger charge is -2.19. The van der Waals surface area contributed by atoms with Gasteiger partial charge in [0.1, 0.15) is 0 Å². The molecule has 0 saturated carbocycles. The van der Waals surface area contributed by atoms with Crippen LogP contribution < -0.4 is 10.6 Å². The van der Waals surface area contributed by atoms with Gasteiger partial charge < -0.3 is 10.6 Å². The first-order chi connectivity index (χ1) is 8.70. The van der Waals surface area contributed by atoms with Gasteiger partial charge in [0, 0.05) is 42.6 Å². The van der Waals surface area contributed by atoms with Gasteiger partial charge >= 0.3 is 0 Å². The number of nitrogens with zero attached hydrogens (tertiary/aromatic N) is 3. The first-order valence-electron chi connectivity index (χ1n) is 6.06. The van der Waals surface area contributed by atoms with E-state index < -0.39 is 0 Å². The number of nitrogens with two attached hydrogens (primary N) is 1. The SMILES string of the molecule is CCN(Cc1ccncc1)c1ncc(C(C)N)s1. The van der Waals surface area contributed by atoms with Gasteiger partial charge in [0.05, 0.1) is 0 Å². The molecule has 0 aliphatic rings. The van der Waals surface area contributed by atoms with Crippen LogP contribution in [0.2, 0.25) is 0 Å². The van der Waals surface area contributed by atoms with Gasteiger partial charge in [-0.25, -0.2) is 4.98 Å². The molecule has 2 aromatic heterocycles. The predicted molar refractivity (Wildman–Crippen MR) is 75.7 cm³/mol. The molecule has 2 heterocycles. The summed E-state index contributed by atoms with van der Waals surface area (Å²) >= 11 is 1.67. The molecule has 0 amide bonds. The van der Waals surface area contributed by atoms with E-state index in [1.54, 1.807) is 11.3 Å². The van der Waals surface area contributed by atoms with Crippen LogP contribution in [0.15, 0.2) is 30.7 Å². The van der Waals surface area contributed by atoms with Crippen molar-refractivity contribution in [2.24, 2.45) is 5.73 Å². The molecular weight excluding hydrogens is 244 g/mol. The molecule has 2 N–H and O–H groups in total. The van der Waals surface area contributed by atoms with E-state index in [0.29, 0.717) is 0 Å². The van der Waals surface area contributed by atoms with Crippen LogP contribution in [-0.4, -0.2) is 16.5 Å². The Hall–Kier alpha value is -1.46. The van der Waals surface area contributed by atoms with Crippen molar-refractivity contribution in [1.29, 1.82) is 0 Å². The van der Waals surface area contributed by atoms with E-state index in [9.17, 15) is 0 Å². The fourth-order valence-corrected chi connectivity index (χ4v) is 2.59. The fraction of sp³-hybridized carbons (Fsp3) is 0.385. The standard InChI is InChI=1S/C13H18N4S/c1-3-17(9-11-4-6-15-7-5-11)13-16-8-12(18-13)10(2)14/h4-8,10H,3,9,14H2,1-2H3. The lowest BCUT2D eigenvalue weighted by molar-refractivity contribution is 0.822. The lowest BCUT2D eigenvalue weighted by atomic mass is 10.2. The van der Waals surface area contributed by atoms with Crippen LogP contribution in [0, 0.1) is 0 Å². The first-order valence-corrected chi connectivity index (χ1v) is 6.87. The highest BCUT2D eigenvalue weighted by atomic mass is 32.1. The van der Waals surface area contributed by atoms with Crippen LogP contribution >= 0.6 is 11.3 Å². The van der Waals surface area contributed by atoms with Gasteiger partial charge in [-0.1, -0.05) is 0 Å². The van der Waals surface area contributed by atoms with Gasteiger partial charge in [0.15, 0.2) is 5.13 Å². The number of anilines is 1. The second kappa shape index (κ2) is 5.93. The normalized spacial score (nSPS) is 12.4. The summed E-state index contributed by atoms with van der Waals surface area (Å²) in [6, 6.07) is 4.11. The highest BCUT2D eigenvalue weighted by Gasteiger charge is 2.11. The molecule has 0 saturated heterocycles. The zero-order valence-electron chi connectivity index (χ0n) is 10.7. The molecule has 5 heteroatoms. The fourth-order valence-electron chi connectivity index (χ4n) is 1.66. The third-order valence-electron chi connectivity index (χ3n) is 2.74. The maximum absolute atomic E-state index is 5.86. The molecule has 0 radical (unpaired) electrons. The van der Waals surface area contributed by atoms with Crippen molar-refractivity contribution in [2.75, 3.05) is 11.4 Å². The summed E-state index contributed by atoms with van der Waals surface area (Å²) in [5.74, 6) is 0. The monoisotopic (exact) mass is 262 g/mol. The number of hydrogen-bond acceptors (Lipinski definition) is 5. The van der Waals surface area contributed by atoms with Crippen LogP contribution in [0.5, 0.6) is 0 Å². The maximum atomic E-state index is 5.86. The third kappa shape index (κ3) is 3.05. The van der Waals surface area contributed by atoms with Gasteiger partial charge in [-0.3, -0.25) is 4.98 Å². The minimum atomic E-state index is 0.0517. The molecule has 18 heavy (non-hydrogen) atoms. The van der Waals surface area contributed by atoms with E-state index in [-0.39, 0.29) is 6.04 Å². The second-order valence-electron chi connectivity index (χ2n) is 4.20. The van der Waals surface area contributed by atoms with Gasteiger partial charge in [0.25, 0.3) is 0 Å². The summed E-state index contributed by atoms with van der Waals surface area (Å²) in [6.07, 6.45) is 5.51. The maximum Gasteiger partial charge on any atom is 0.185 e. The Morgan fingerprint density at radius 1 is 1.39 bits per heavy atom. The highest BCUT2D eigenvalue weighted by Crippen LogP contribution is 2.26. The van der Waals surface area contributed by atoms with Crippen LogP contribution in [0.4, 0.5) is 5.13 Å². The van der Waals surface area contributed by atoms with Gasteiger partial charge in [-0.15, -0.1) is 11.3 Å². The van der Waals surface area contributed by atoms with E-state index >= 15 is 0 Å². The largest absolute Gasteiger partial charge is 0.344 e. The van der Waals surface area contributed by atoms with Crippen LogP contribution in [0.25, 0.3) is 0 Å². The molecule has 4 nitrogen and oxygen atoms in total. The van der Waals surface area contributed by atoms with E-state index in [1.807, 2.05) is 37.6 Å². The minimum Gasteiger partial charge on any atom is -0.344 e. The van der Waals surface area contributed by atoms with Crippen molar-refractivity contribution in [3.05, 3.63) is 41.2 Å². The van der Waals surface area contributed by atoms with Crippen LogP contribution in [-0.2, 0) is 6.54 Å². The summed E-state index contributed by atoms with van der Waals surface area (Å²) in [6.45, 7) is 5.89. The molecule has 2 aromatic rings. The van der Waals surface area contributed by atoms with Crippen molar-refractivity contribution in [3.8, 4) is 0 Å². The summed E-state index contributed by atoms with van der Waals surface area (Å²) in [5, 5.41) is 1.03. The minimum absolute atomic E-state index is 0.0517.